The lowest BCUT2D eigenvalue weighted by molar-refractivity contribution is 0.334. The minimum absolute atomic E-state index is 0.247. The van der Waals surface area contributed by atoms with E-state index in [1.807, 2.05) is 50.3 Å². The highest BCUT2D eigenvalue weighted by molar-refractivity contribution is 5.81. The van der Waals surface area contributed by atoms with Crippen LogP contribution in [0.2, 0.25) is 0 Å². The molecule has 210 valence electrons. The summed E-state index contributed by atoms with van der Waals surface area (Å²) >= 11 is 0. The molecule has 0 atom stereocenters. The Morgan fingerprint density at radius 2 is 1.98 bits per heavy atom. The molecule has 4 heterocycles. The zero-order valence-electron chi connectivity index (χ0n) is 23.9. The molecule has 0 aliphatic carbocycles. The molecule has 1 aromatic carbocycles. The summed E-state index contributed by atoms with van der Waals surface area (Å²) in [7, 11) is 0. The lowest BCUT2D eigenvalue weighted by Crippen LogP contribution is -2.21. The van der Waals surface area contributed by atoms with Crippen molar-refractivity contribution in [3.8, 4) is 11.5 Å². The van der Waals surface area contributed by atoms with Crippen molar-refractivity contribution in [3.63, 3.8) is 0 Å². The van der Waals surface area contributed by atoms with Crippen LogP contribution in [0.15, 0.2) is 67.4 Å². The molecule has 0 saturated carbocycles. The normalized spacial score (nSPS) is 15.1. The molecular weight excluding hydrogens is 511 g/mol. The predicted octanol–water partition coefficient (Wildman–Crippen LogP) is 5.58. The maximum Gasteiger partial charge on any atom is 0.159 e. The van der Waals surface area contributed by atoms with Crippen LogP contribution in [0.5, 0.6) is 0 Å². The first-order chi connectivity index (χ1) is 19.9. The Hall–Kier alpha value is -4.36. The van der Waals surface area contributed by atoms with Crippen LogP contribution in [0, 0.1) is 12.7 Å². The molecule has 1 saturated heterocycles. The molecule has 3 aromatic heterocycles. The standard InChI is InChI=1S/C34H37FN6/c1-5-11-29(27-20-26(21-28(35)22-27)12-10-19-41-17-8-9-18-41)33-25(4)37-34(38-33)32-24(3)31(39-40-32)15-14-23(2)30-13-6-7-16-36-30/h5-7,11,13-16,20-22,39H,1,3,8-10,12,17-19H2,2,4H3,(H,37,38)/b23-14+,29-11-,31-15+. The van der Waals surface area contributed by atoms with Crippen LogP contribution in [-0.2, 0) is 6.42 Å². The average Bonchev–Trinajstić information content (AvgIpc) is 3.71. The number of allylic oxidation sites excluding steroid dienone is 4. The van der Waals surface area contributed by atoms with Crippen LogP contribution in [-0.4, -0.2) is 49.7 Å². The highest BCUT2D eigenvalue weighted by Gasteiger charge is 2.18. The van der Waals surface area contributed by atoms with Crippen LogP contribution in [0.4, 0.5) is 4.39 Å². The SMILES string of the molecule is C=C/C=C(/c1cc(F)cc(CCCN2CCCC2)c1)c1nc(-c2n[nH]/c(=C/C=C(\C)c3ccccn3)c2=C)[nH]c1C. The second-order valence-electron chi connectivity index (χ2n) is 10.6. The molecule has 6 nitrogen and oxygen atoms in total. The monoisotopic (exact) mass is 548 g/mol. The minimum Gasteiger partial charge on any atom is -0.340 e. The number of aromatic amines is 2. The fourth-order valence-corrected chi connectivity index (χ4v) is 5.33. The molecule has 0 bridgehead atoms. The van der Waals surface area contributed by atoms with Gasteiger partial charge in [-0.25, -0.2) is 9.37 Å². The first-order valence-corrected chi connectivity index (χ1v) is 14.2. The van der Waals surface area contributed by atoms with Gasteiger partial charge in [-0.2, -0.15) is 5.10 Å². The molecule has 7 heteroatoms. The van der Waals surface area contributed by atoms with Gasteiger partial charge in [-0.15, -0.1) is 0 Å². The van der Waals surface area contributed by atoms with Crippen LogP contribution in [0.3, 0.4) is 0 Å². The lowest BCUT2D eigenvalue weighted by Gasteiger charge is -2.14. The van der Waals surface area contributed by atoms with Gasteiger partial charge in [-0.3, -0.25) is 10.1 Å². The summed E-state index contributed by atoms with van der Waals surface area (Å²) in [6.07, 6.45) is 13.7. The van der Waals surface area contributed by atoms with Gasteiger partial charge in [0.2, 0.25) is 0 Å². The molecule has 0 amide bonds. The van der Waals surface area contributed by atoms with Crippen LogP contribution < -0.4 is 10.6 Å². The van der Waals surface area contributed by atoms with Gasteiger partial charge in [0.15, 0.2) is 5.82 Å². The first kappa shape index (κ1) is 28.2. The van der Waals surface area contributed by atoms with Crippen LogP contribution in [0.25, 0.3) is 35.3 Å². The molecule has 1 fully saturated rings. The number of nitrogens with one attached hydrogen (secondary N) is 2. The number of hydrogen-bond acceptors (Lipinski definition) is 4. The topological polar surface area (TPSA) is 73.5 Å². The fraction of sp³-hybridized carbons (Fsp3) is 0.265. The molecule has 0 radical (unpaired) electrons. The van der Waals surface area contributed by atoms with E-state index >= 15 is 0 Å². The van der Waals surface area contributed by atoms with Crippen LogP contribution in [0.1, 0.15) is 54.4 Å². The molecular formula is C34H37FN6. The molecule has 2 N–H and O–H groups in total. The van der Waals surface area contributed by atoms with Gasteiger partial charge >= 0.3 is 0 Å². The summed E-state index contributed by atoms with van der Waals surface area (Å²) in [5.74, 6) is 0.352. The number of aryl methyl sites for hydroxylation is 2. The maximum absolute atomic E-state index is 14.8. The maximum atomic E-state index is 14.8. The zero-order chi connectivity index (χ0) is 28.8. The van der Waals surface area contributed by atoms with Crippen LogP contribution >= 0.6 is 0 Å². The Bertz CT molecular complexity index is 1690. The molecule has 41 heavy (non-hydrogen) atoms. The number of aromatic nitrogens is 5. The number of likely N-dealkylation sites (tertiary alicyclic amines) is 1. The Morgan fingerprint density at radius 1 is 1.15 bits per heavy atom. The summed E-state index contributed by atoms with van der Waals surface area (Å²) in [5, 5.41) is 9.10. The van der Waals surface area contributed by atoms with Crippen molar-refractivity contribution < 1.29 is 4.39 Å². The smallest absolute Gasteiger partial charge is 0.159 e. The minimum atomic E-state index is -0.247. The summed E-state index contributed by atoms with van der Waals surface area (Å²) in [4.78, 5) is 15.2. The van der Waals surface area contributed by atoms with E-state index in [2.05, 4.69) is 44.3 Å². The molecule has 1 aliphatic rings. The van der Waals surface area contributed by atoms with E-state index in [0.29, 0.717) is 11.5 Å². The highest BCUT2D eigenvalue weighted by atomic mass is 19.1. The predicted molar refractivity (Wildman–Crippen MR) is 166 cm³/mol. The Kier molecular flexibility index (Phi) is 8.85. The summed E-state index contributed by atoms with van der Waals surface area (Å²) in [6.45, 7) is 15.5. The third kappa shape index (κ3) is 6.69. The van der Waals surface area contributed by atoms with Gasteiger partial charge in [-0.05, 0) is 106 Å². The van der Waals surface area contributed by atoms with Crippen molar-refractivity contribution in [2.45, 2.75) is 39.5 Å². The number of H-pyrrole nitrogens is 2. The quantitative estimate of drug-likeness (QED) is 0.254. The van der Waals surface area contributed by atoms with E-state index in [1.54, 1.807) is 24.4 Å². The third-order valence-corrected chi connectivity index (χ3v) is 7.52. The number of hydrogen-bond donors (Lipinski definition) is 2. The average molecular weight is 549 g/mol. The van der Waals surface area contributed by atoms with Gasteiger partial charge < -0.3 is 9.88 Å². The van der Waals surface area contributed by atoms with Gasteiger partial charge in [0, 0.05) is 22.7 Å². The second-order valence-corrected chi connectivity index (χ2v) is 10.6. The fourth-order valence-electron chi connectivity index (χ4n) is 5.33. The van der Waals surface area contributed by atoms with E-state index < -0.39 is 0 Å². The van der Waals surface area contributed by atoms with Gasteiger partial charge in [-0.1, -0.05) is 43.5 Å². The molecule has 0 unspecified atom stereocenters. The van der Waals surface area contributed by atoms with Crippen molar-refractivity contribution in [3.05, 3.63) is 112 Å². The zero-order valence-corrected chi connectivity index (χ0v) is 23.9. The number of nitrogens with zero attached hydrogens (tertiary/aromatic N) is 4. The van der Waals surface area contributed by atoms with Gasteiger partial charge in [0.25, 0.3) is 0 Å². The number of rotatable bonds is 10. The van der Waals surface area contributed by atoms with Crippen molar-refractivity contribution in [1.29, 1.82) is 0 Å². The molecule has 0 spiro atoms. The number of imidazole rings is 1. The van der Waals surface area contributed by atoms with Gasteiger partial charge in [0.1, 0.15) is 11.5 Å². The van der Waals surface area contributed by atoms with Crippen molar-refractivity contribution in [2.24, 2.45) is 0 Å². The number of pyridine rings is 1. The Balaban J connectivity index is 1.41. The number of halogens is 1. The molecule has 1 aliphatic heterocycles. The van der Waals surface area contributed by atoms with E-state index in [9.17, 15) is 4.39 Å². The van der Waals surface area contributed by atoms with Crippen molar-refractivity contribution in [2.75, 3.05) is 19.6 Å². The lowest BCUT2D eigenvalue weighted by atomic mass is 9.97. The van der Waals surface area contributed by atoms with Gasteiger partial charge in [0.05, 0.1) is 16.7 Å². The summed E-state index contributed by atoms with van der Waals surface area (Å²) in [6, 6.07) is 11.1. The third-order valence-electron chi connectivity index (χ3n) is 7.52. The first-order valence-electron chi connectivity index (χ1n) is 14.2. The largest absolute Gasteiger partial charge is 0.340 e. The van der Waals surface area contributed by atoms with E-state index in [4.69, 9.17) is 4.98 Å². The summed E-state index contributed by atoms with van der Waals surface area (Å²) < 4.78 is 14.8. The molecule has 4 aromatic rings. The molecule has 5 rings (SSSR count). The van der Waals surface area contributed by atoms with E-state index in [1.165, 1.54) is 25.9 Å². The second kappa shape index (κ2) is 12.9. The van der Waals surface area contributed by atoms with E-state index in [0.717, 1.165) is 69.3 Å². The summed E-state index contributed by atoms with van der Waals surface area (Å²) in [5.41, 5.74) is 6.74. The van der Waals surface area contributed by atoms with E-state index in [-0.39, 0.29) is 5.82 Å². The Labute approximate surface area is 240 Å². The Morgan fingerprint density at radius 3 is 2.73 bits per heavy atom. The number of benzene rings is 1. The van der Waals surface area contributed by atoms with Crippen molar-refractivity contribution in [1.82, 2.24) is 30.0 Å². The van der Waals surface area contributed by atoms with Crippen molar-refractivity contribution >= 4 is 23.8 Å². The highest BCUT2D eigenvalue weighted by Crippen LogP contribution is 2.28.